The topological polar surface area (TPSA) is 160 Å². The average molecular weight is 317 g/mol. The van der Waals surface area contributed by atoms with Crippen LogP contribution in [0.25, 0.3) is 0 Å². The maximum atomic E-state index is 12.0. The lowest BCUT2D eigenvalue weighted by Gasteiger charge is -2.22. The lowest BCUT2D eigenvalue weighted by atomic mass is 10.0. The number of nitrogens with one attached hydrogen (secondary N) is 3. The van der Waals surface area contributed by atoms with Crippen LogP contribution in [0.1, 0.15) is 33.6 Å². The van der Waals surface area contributed by atoms with Crippen LogP contribution < -0.4 is 27.4 Å². The zero-order valence-electron chi connectivity index (χ0n) is 13.3. The second-order valence-electron chi connectivity index (χ2n) is 5.45. The van der Waals surface area contributed by atoms with Crippen LogP contribution in [-0.2, 0) is 9.59 Å². The Kier molecular flexibility index (Phi) is 9.11. The van der Waals surface area contributed by atoms with Crippen LogP contribution in [0.2, 0.25) is 0 Å². The number of nitrogens with two attached hydrogens (primary N) is 2. The number of rotatable bonds is 9. The third-order valence-corrected chi connectivity index (χ3v) is 2.97. The summed E-state index contributed by atoms with van der Waals surface area (Å²) in [6, 6.07) is -2.23. The van der Waals surface area contributed by atoms with E-state index < -0.39 is 36.2 Å². The maximum absolute atomic E-state index is 12.0. The molecule has 0 rings (SSSR count). The van der Waals surface area contributed by atoms with Gasteiger partial charge in [-0.3, -0.25) is 9.59 Å². The fraction of sp³-hybridized carbons (Fsp3) is 0.769. The summed E-state index contributed by atoms with van der Waals surface area (Å²) in [4.78, 5) is 34.5. The first-order valence-electron chi connectivity index (χ1n) is 7.22. The molecule has 0 saturated carbocycles. The molecule has 9 heteroatoms. The van der Waals surface area contributed by atoms with Crippen molar-refractivity contribution in [2.75, 3.05) is 6.54 Å². The van der Waals surface area contributed by atoms with Crippen LogP contribution in [0.15, 0.2) is 0 Å². The van der Waals surface area contributed by atoms with Crippen LogP contribution in [0.4, 0.5) is 4.79 Å². The summed E-state index contributed by atoms with van der Waals surface area (Å²) in [5, 5.41) is 16.5. The minimum Gasteiger partial charge on any atom is -0.374 e. The first kappa shape index (κ1) is 20.1. The van der Waals surface area contributed by atoms with Crippen molar-refractivity contribution in [3.05, 3.63) is 0 Å². The van der Waals surface area contributed by atoms with E-state index in [1.165, 1.54) is 6.92 Å². The molecule has 0 aromatic heterocycles. The Hall–Kier alpha value is -1.87. The molecular weight excluding hydrogens is 290 g/mol. The molecule has 0 aliphatic rings. The zero-order valence-corrected chi connectivity index (χ0v) is 13.3. The molecule has 1 unspecified atom stereocenters. The summed E-state index contributed by atoms with van der Waals surface area (Å²) >= 11 is 0. The first-order valence-corrected chi connectivity index (χ1v) is 7.22. The number of carbonyl (C=O) groups is 3. The molecule has 0 aliphatic heterocycles. The highest BCUT2D eigenvalue weighted by Gasteiger charge is 2.25. The van der Waals surface area contributed by atoms with Crippen molar-refractivity contribution < 1.29 is 19.5 Å². The molecule has 0 heterocycles. The number of carbonyl (C=O) groups excluding carboxylic acids is 3. The van der Waals surface area contributed by atoms with Gasteiger partial charge in [-0.15, -0.1) is 0 Å². The SMILES string of the molecule is CC(O)NC(=O)[C@H](CCCNC(N)=O)NC(=O)[C@@H](N)C(C)C. The van der Waals surface area contributed by atoms with Crippen molar-refractivity contribution in [3.63, 3.8) is 0 Å². The quantitative estimate of drug-likeness (QED) is 0.222. The van der Waals surface area contributed by atoms with Crippen LogP contribution >= 0.6 is 0 Å². The lowest BCUT2D eigenvalue weighted by Crippen LogP contribution is -2.54. The number of aliphatic hydroxyl groups excluding tert-OH is 1. The number of urea groups is 1. The van der Waals surface area contributed by atoms with Gasteiger partial charge in [0.15, 0.2) is 0 Å². The van der Waals surface area contributed by atoms with Crippen LogP contribution in [0.3, 0.4) is 0 Å². The van der Waals surface area contributed by atoms with Gasteiger partial charge in [0.2, 0.25) is 11.8 Å². The van der Waals surface area contributed by atoms with Crippen LogP contribution in [-0.4, -0.2) is 47.8 Å². The molecule has 0 aliphatic carbocycles. The number of primary amides is 1. The van der Waals surface area contributed by atoms with E-state index in [0.717, 1.165) is 0 Å². The maximum Gasteiger partial charge on any atom is 0.312 e. The molecule has 9 nitrogen and oxygen atoms in total. The summed E-state index contributed by atoms with van der Waals surface area (Å²) in [6.45, 7) is 5.27. The summed E-state index contributed by atoms with van der Waals surface area (Å²) in [6.07, 6.45) is -0.331. The predicted octanol–water partition coefficient (Wildman–Crippen LogP) is -1.64. The molecule has 22 heavy (non-hydrogen) atoms. The van der Waals surface area contributed by atoms with Gasteiger partial charge in [0.1, 0.15) is 12.3 Å². The molecule has 128 valence electrons. The molecule has 0 radical (unpaired) electrons. The van der Waals surface area contributed by atoms with Gasteiger partial charge in [0, 0.05) is 6.54 Å². The normalized spacial score (nSPS) is 14.8. The fourth-order valence-electron chi connectivity index (χ4n) is 1.66. The smallest absolute Gasteiger partial charge is 0.312 e. The fourth-order valence-corrected chi connectivity index (χ4v) is 1.66. The molecule has 0 saturated heterocycles. The second-order valence-corrected chi connectivity index (χ2v) is 5.45. The van der Waals surface area contributed by atoms with Crippen molar-refractivity contribution in [2.24, 2.45) is 17.4 Å². The Morgan fingerprint density at radius 3 is 2.14 bits per heavy atom. The number of amides is 4. The van der Waals surface area contributed by atoms with E-state index in [0.29, 0.717) is 6.42 Å². The van der Waals surface area contributed by atoms with E-state index in [4.69, 9.17) is 11.5 Å². The Morgan fingerprint density at radius 1 is 1.09 bits per heavy atom. The molecule has 8 N–H and O–H groups in total. The number of hydrogen-bond donors (Lipinski definition) is 6. The molecule has 3 atom stereocenters. The van der Waals surface area contributed by atoms with Gasteiger partial charge in [-0.2, -0.15) is 0 Å². The minimum atomic E-state index is -1.03. The first-order chi connectivity index (χ1) is 10.1. The Labute approximate surface area is 130 Å². The van der Waals surface area contributed by atoms with E-state index in [1.807, 2.05) is 0 Å². The van der Waals surface area contributed by atoms with Crippen LogP contribution in [0.5, 0.6) is 0 Å². The van der Waals surface area contributed by atoms with Gasteiger partial charge in [-0.05, 0) is 25.7 Å². The number of aliphatic hydroxyl groups is 1. The highest BCUT2D eigenvalue weighted by atomic mass is 16.3. The molecule has 0 spiro atoms. The van der Waals surface area contributed by atoms with Crippen LogP contribution in [0, 0.1) is 5.92 Å². The highest BCUT2D eigenvalue weighted by Crippen LogP contribution is 2.02. The summed E-state index contributed by atoms with van der Waals surface area (Å²) in [5.41, 5.74) is 10.7. The molecule has 0 aromatic carbocycles. The van der Waals surface area contributed by atoms with Gasteiger partial charge in [0.05, 0.1) is 6.04 Å². The molecule has 0 aromatic rings. The van der Waals surface area contributed by atoms with E-state index in [1.54, 1.807) is 13.8 Å². The summed E-state index contributed by atoms with van der Waals surface area (Å²) in [5.74, 6) is -1.03. The van der Waals surface area contributed by atoms with E-state index in [2.05, 4.69) is 16.0 Å². The largest absolute Gasteiger partial charge is 0.374 e. The Balaban J connectivity index is 4.61. The lowest BCUT2D eigenvalue weighted by molar-refractivity contribution is -0.131. The molecule has 0 fully saturated rings. The second kappa shape index (κ2) is 9.96. The third-order valence-electron chi connectivity index (χ3n) is 2.97. The van der Waals surface area contributed by atoms with E-state index in [-0.39, 0.29) is 18.9 Å². The van der Waals surface area contributed by atoms with Gasteiger partial charge < -0.3 is 32.5 Å². The third kappa shape index (κ3) is 8.42. The van der Waals surface area contributed by atoms with Crippen molar-refractivity contribution in [1.29, 1.82) is 0 Å². The zero-order chi connectivity index (χ0) is 17.3. The van der Waals surface area contributed by atoms with E-state index in [9.17, 15) is 19.5 Å². The van der Waals surface area contributed by atoms with E-state index >= 15 is 0 Å². The number of hydrogen-bond acceptors (Lipinski definition) is 5. The van der Waals surface area contributed by atoms with Gasteiger partial charge in [0.25, 0.3) is 0 Å². The average Bonchev–Trinajstić information content (AvgIpc) is 2.39. The molecular formula is C13H27N5O4. The Morgan fingerprint density at radius 2 is 1.68 bits per heavy atom. The summed E-state index contributed by atoms with van der Waals surface area (Å²) in [7, 11) is 0. The standard InChI is InChI=1S/C13H27N5O4/c1-7(2)10(14)12(21)18-9(11(20)17-8(3)19)5-4-6-16-13(15)22/h7-10,19H,4-6,14H2,1-3H3,(H,17,20)(H,18,21)(H3,15,16,22)/t8?,9-,10-/m0/s1. The monoisotopic (exact) mass is 317 g/mol. The highest BCUT2D eigenvalue weighted by molar-refractivity contribution is 5.89. The van der Waals surface area contributed by atoms with Gasteiger partial charge >= 0.3 is 6.03 Å². The van der Waals surface area contributed by atoms with Crippen molar-refractivity contribution in [3.8, 4) is 0 Å². The summed E-state index contributed by atoms with van der Waals surface area (Å²) < 4.78 is 0. The Bertz CT molecular complexity index is 387. The molecule has 0 bridgehead atoms. The van der Waals surface area contributed by atoms with Gasteiger partial charge in [-0.1, -0.05) is 13.8 Å². The minimum absolute atomic E-state index is 0.0722. The predicted molar refractivity (Wildman–Crippen MR) is 81.4 cm³/mol. The van der Waals surface area contributed by atoms with Crippen molar-refractivity contribution in [2.45, 2.75) is 51.9 Å². The van der Waals surface area contributed by atoms with Gasteiger partial charge in [-0.25, -0.2) is 4.79 Å². The van der Waals surface area contributed by atoms with Crippen molar-refractivity contribution in [1.82, 2.24) is 16.0 Å². The molecule has 4 amide bonds. The van der Waals surface area contributed by atoms with Crippen molar-refractivity contribution >= 4 is 17.8 Å².